The molecular weight excluding hydrogens is 285 g/mol. The van der Waals surface area contributed by atoms with E-state index in [0.29, 0.717) is 5.75 Å². The Balaban J connectivity index is 2.67. The van der Waals surface area contributed by atoms with Gasteiger partial charge in [-0.15, -0.1) is 0 Å². The molecule has 0 saturated heterocycles. The molecule has 0 bridgehead atoms. The van der Waals surface area contributed by atoms with Crippen molar-refractivity contribution in [2.24, 2.45) is 0 Å². The van der Waals surface area contributed by atoms with Crippen molar-refractivity contribution in [1.29, 1.82) is 0 Å². The van der Waals surface area contributed by atoms with E-state index in [2.05, 4.69) is 35.1 Å². The van der Waals surface area contributed by atoms with Gasteiger partial charge in [0.1, 0.15) is 17.7 Å². The van der Waals surface area contributed by atoms with Gasteiger partial charge in [0.15, 0.2) is 0 Å². The lowest BCUT2D eigenvalue weighted by Gasteiger charge is -2.19. The third kappa shape index (κ3) is 5.04. The highest BCUT2D eigenvalue weighted by Crippen LogP contribution is 2.27. The molecule has 0 aliphatic carbocycles. The second-order valence-electron chi connectivity index (χ2n) is 3.91. The van der Waals surface area contributed by atoms with E-state index in [1.54, 1.807) is 6.07 Å². The average Bonchev–Trinajstić information content (AvgIpc) is 2.31. The van der Waals surface area contributed by atoms with Crippen LogP contribution in [0.1, 0.15) is 26.7 Å². The SMILES string of the molecule is CCCC(CNCC)Oc1cc(F)ccc1Br. The lowest BCUT2D eigenvalue weighted by atomic mass is 10.2. The normalized spacial score (nSPS) is 12.5. The number of ether oxygens (including phenoxy) is 1. The van der Waals surface area contributed by atoms with Crippen LogP contribution in [0.25, 0.3) is 0 Å². The summed E-state index contributed by atoms with van der Waals surface area (Å²) in [6.45, 7) is 5.87. The van der Waals surface area contributed by atoms with Crippen LogP contribution in [0.15, 0.2) is 22.7 Å². The summed E-state index contributed by atoms with van der Waals surface area (Å²) in [5.74, 6) is 0.295. The molecule has 96 valence electrons. The first-order valence-corrected chi connectivity index (χ1v) is 6.79. The molecule has 1 N–H and O–H groups in total. The van der Waals surface area contributed by atoms with E-state index in [1.165, 1.54) is 12.1 Å². The van der Waals surface area contributed by atoms with Crippen molar-refractivity contribution in [1.82, 2.24) is 5.32 Å². The maximum Gasteiger partial charge on any atom is 0.136 e. The van der Waals surface area contributed by atoms with Crippen LogP contribution in [0, 0.1) is 5.82 Å². The van der Waals surface area contributed by atoms with E-state index < -0.39 is 0 Å². The lowest BCUT2D eigenvalue weighted by molar-refractivity contribution is 0.185. The number of likely N-dealkylation sites (N-methyl/N-ethyl adjacent to an activating group) is 1. The Morgan fingerprint density at radius 3 is 2.82 bits per heavy atom. The fraction of sp³-hybridized carbons (Fsp3) is 0.538. The number of benzene rings is 1. The molecule has 0 heterocycles. The predicted molar refractivity (Wildman–Crippen MR) is 72.0 cm³/mol. The van der Waals surface area contributed by atoms with E-state index >= 15 is 0 Å². The fourth-order valence-corrected chi connectivity index (χ4v) is 1.92. The summed E-state index contributed by atoms with van der Waals surface area (Å²) >= 11 is 3.37. The van der Waals surface area contributed by atoms with Gasteiger partial charge in [-0.3, -0.25) is 0 Å². The summed E-state index contributed by atoms with van der Waals surface area (Å²) in [7, 11) is 0. The Hall–Kier alpha value is -0.610. The van der Waals surface area contributed by atoms with Gasteiger partial charge in [0, 0.05) is 12.6 Å². The minimum atomic E-state index is -0.276. The highest BCUT2D eigenvalue weighted by atomic mass is 79.9. The van der Waals surface area contributed by atoms with Gasteiger partial charge in [-0.1, -0.05) is 20.3 Å². The average molecular weight is 304 g/mol. The second-order valence-corrected chi connectivity index (χ2v) is 4.77. The minimum absolute atomic E-state index is 0.0815. The Morgan fingerprint density at radius 1 is 1.41 bits per heavy atom. The fourth-order valence-electron chi connectivity index (χ4n) is 1.58. The molecule has 0 fully saturated rings. The van der Waals surface area contributed by atoms with Crippen molar-refractivity contribution in [2.45, 2.75) is 32.8 Å². The summed E-state index contributed by atoms with van der Waals surface area (Å²) in [5, 5.41) is 3.25. The largest absolute Gasteiger partial charge is 0.488 e. The maximum absolute atomic E-state index is 13.1. The molecule has 0 saturated carbocycles. The molecule has 0 amide bonds. The Morgan fingerprint density at radius 2 is 2.18 bits per heavy atom. The number of rotatable bonds is 7. The summed E-state index contributed by atoms with van der Waals surface area (Å²) in [6, 6.07) is 4.50. The first kappa shape index (κ1) is 14.5. The quantitative estimate of drug-likeness (QED) is 0.828. The van der Waals surface area contributed by atoms with Crippen LogP contribution in [0.5, 0.6) is 5.75 Å². The van der Waals surface area contributed by atoms with Crippen LogP contribution in [-0.2, 0) is 0 Å². The molecular formula is C13H19BrFNO. The lowest BCUT2D eigenvalue weighted by Crippen LogP contribution is -2.31. The third-order valence-electron chi connectivity index (χ3n) is 2.42. The first-order chi connectivity index (χ1) is 8.17. The van der Waals surface area contributed by atoms with Gasteiger partial charge in [-0.2, -0.15) is 0 Å². The number of nitrogens with one attached hydrogen (secondary N) is 1. The van der Waals surface area contributed by atoms with Gasteiger partial charge >= 0.3 is 0 Å². The Labute approximate surface area is 111 Å². The van der Waals surface area contributed by atoms with E-state index in [9.17, 15) is 4.39 Å². The molecule has 0 spiro atoms. The van der Waals surface area contributed by atoms with E-state index in [-0.39, 0.29) is 11.9 Å². The molecule has 1 unspecified atom stereocenters. The molecule has 17 heavy (non-hydrogen) atoms. The summed E-state index contributed by atoms with van der Waals surface area (Å²) < 4.78 is 19.7. The van der Waals surface area contributed by atoms with Crippen LogP contribution in [0.3, 0.4) is 0 Å². The van der Waals surface area contributed by atoms with Crippen LogP contribution in [0.4, 0.5) is 4.39 Å². The molecule has 1 atom stereocenters. The zero-order valence-corrected chi connectivity index (χ0v) is 11.9. The zero-order chi connectivity index (χ0) is 12.7. The molecule has 4 heteroatoms. The van der Waals surface area contributed by atoms with Crippen LogP contribution < -0.4 is 10.1 Å². The highest BCUT2D eigenvalue weighted by molar-refractivity contribution is 9.10. The number of hydrogen-bond donors (Lipinski definition) is 1. The summed E-state index contributed by atoms with van der Waals surface area (Å²) in [5.41, 5.74) is 0. The van der Waals surface area contributed by atoms with Crippen molar-refractivity contribution >= 4 is 15.9 Å². The second kappa shape index (κ2) is 7.67. The number of hydrogen-bond acceptors (Lipinski definition) is 2. The van der Waals surface area contributed by atoms with E-state index in [1.807, 2.05) is 0 Å². The monoisotopic (exact) mass is 303 g/mol. The van der Waals surface area contributed by atoms with E-state index in [4.69, 9.17) is 4.74 Å². The van der Waals surface area contributed by atoms with Gasteiger partial charge in [0.2, 0.25) is 0 Å². The molecule has 2 nitrogen and oxygen atoms in total. The van der Waals surface area contributed by atoms with Crippen molar-refractivity contribution in [3.8, 4) is 5.75 Å². The predicted octanol–water partition coefficient (Wildman–Crippen LogP) is 3.75. The molecule has 1 aromatic rings. The van der Waals surface area contributed by atoms with Crippen LogP contribution >= 0.6 is 15.9 Å². The summed E-state index contributed by atoms with van der Waals surface area (Å²) in [4.78, 5) is 0. The molecule has 0 radical (unpaired) electrons. The van der Waals surface area contributed by atoms with Crippen LogP contribution in [-0.4, -0.2) is 19.2 Å². The summed E-state index contributed by atoms with van der Waals surface area (Å²) in [6.07, 6.45) is 2.08. The standard InChI is InChI=1S/C13H19BrFNO/c1-3-5-11(9-16-4-2)17-13-8-10(15)6-7-12(13)14/h6-8,11,16H,3-5,9H2,1-2H3. The Bertz CT molecular complexity index is 346. The third-order valence-corrected chi connectivity index (χ3v) is 3.07. The molecule has 0 aliphatic rings. The van der Waals surface area contributed by atoms with Gasteiger partial charge < -0.3 is 10.1 Å². The van der Waals surface area contributed by atoms with E-state index in [0.717, 1.165) is 30.4 Å². The Kier molecular flexibility index (Phi) is 6.52. The first-order valence-electron chi connectivity index (χ1n) is 5.99. The zero-order valence-electron chi connectivity index (χ0n) is 10.3. The van der Waals surface area contributed by atoms with Crippen LogP contribution in [0.2, 0.25) is 0 Å². The maximum atomic E-state index is 13.1. The minimum Gasteiger partial charge on any atom is -0.488 e. The number of halogens is 2. The molecule has 0 aliphatic heterocycles. The van der Waals surface area contributed by atoms with Gasteiger partial charge in [0.25, 0.3) is 0 Å². The molecule has 1 rings (SSSR count). The van der Waals surface area contributed by atoms with Gasteiger partial charge in [-0.25, -0.2) is 4.39 Å². The van der Waals surface area contributed by atoms with Gasteiger partial charge in [0.05, 0.1) is 4.47 Å². The van der Waals surface area contributed by atoms with Gasteiger partial charge in [-0.05, 0) is 41.0 Å². The van der Waals surface area contributed by atoms with Crippen molar-refractivity contribution < 1.29 is 9.13 Å². The topological polar surface area (TPSA) is 21.3 Å². The van der Waals surface area contributed by atoms with Crippen molar-refractivity contribution in [3.05, 3.63) is 28.5 Å². The molecule has 0 aromatic heterocycles. The van der Waals surface area contributed by atoms with Crippen molar-refractivity contribution in [3.63, 3.8) is 0 Å². The highest BCUT2D eigenvalue weighted by Gasteiger charge is 2.11. The molecule has 1 aromatic carbocycles. The smallest absolute Gasteiger partial charge is 0.136 e. The van der Waals surface area contributed by atoms with Crippen molar-refractivity contribution in [2.75, 3.05) is 13.1 Å².